The minimum absolute atomic E-state index is 0.116. The van der Waals surface area contributed by atoms with Crippen molar-refractivity contribution in [1.29, 1.82) is 0 Å². The number of ether oxygens (including phenoxy) is 1. The Hall–Kier alpha value is -2.91. The van der Waals surface area contributed by atoms with Crippen LogP contribution in [0.15, 0.2) is 61.2 Å². The fraction of sp³-hybridized carbons (Fsp3) is 0.0667. The van der Waals surface area contributed by atoms with Crippen molar-refractivity contribution in [3.63, 3.8) is 0 Å². The molecule has 0 aliphatic rings. The van der Waals surface area contributed by atoms with E-state index in [1.54, 1.807) is 23.1 Å². The van der Waals surface area contributed by atoms with Crippen LogP contribution in [-0.2, 0) is 16.8 Å². The van der Waals surface area contributed by atoms with Crippen LogP contribution in [0.1, 0.15) is 5.56 Å². The summed E-state index contributed by atoms with van der Waals surface area (Å²) in [4.78, 5) is 3.90. The average Bonchev–Trinajstić information content (AvgIpc) is 3.01. The summed E-state index contributed by atoms with van der Waals surface area (Å²) in [7, 11) is -4.03. The van der Waals surface area contributed by atoms with Gasteiger partial charge in [-0.25, -0.2) is 9.67 Å². The van der Waals surface area contributed by atoms with Crippen LogP contribution in [0.4, 0.5) is 0 Å². The summed E-state index contributed by atoms with van der Waals surface area (Å²) < 4.78 is 33.7. The lowest BCUT2D eigenvalue weighted by Gasteiger charge is -2.08. The molecule has 1 heterocycles. The van der Waals surface area contributed by atoms with Crippen LogP contribution in [0.5, 0.6) is 17.2 Å². The lowest BCUT2D eigenvalue weighted by Crippen LogP contribution is -2.18. The molecule has 0 aliphatic carbocycles. The molecule has 2 N–H and O–H groups in total. The molecule has 8 nitrogen and oxygen atoms in total. The molecular weight excluding hydrogens is 332 g/mol. The minimum Gasteiger partial charge on any atom is -0.457 e. The summed E-state index contributed by atoms with van der Waals surface area (Å²) in [5, 5.41) is 8.86. The van der Waals surface area contributed by atoms with Gasteiger partial charge in [-0.3, -0.25) is 0 Å². The van der Waals surface area contributed by atoms with E-state index in [0.717, 1.165) is 5.56 Å². The third-order valence-electron chi connectivity index (χ3n) is 2.98. The Kier molecular flexibility index (Phi) is 4.45. The first-order valence-electron chi connectivity index (χ1n) is 6.89. The van der Waals surface area contributed by atoms with Gasteiger partial charge in [0.2, 0.25) is 0 Å². The van der Waals surface area contributed by atoms with Crippen LogP contribution >= 0.6 is 0 Å². The molecule has 9 heteroatoms. The zero-order chi connectivity index (χ0) is 17.0. The fourth-order valence-corrected chi connectivity index (χ4v) is 2.42. The maximum Gasteiger partial charge on any atom is 0.380 e. The van der Waals surface area contributed by atoms with Crippen molar-refractivity contribution >= 4 is 10.3 Å². The van der Waals surface area contributed by atoms with Gasteiger partial charge in [-0.15, -0.1) is 0 Å². The Balaban J connectivity index is 1.69. The van der Waals surface area contributed by atoms with Crippen LogP contribution in [0.2, 0.25) is 0 Å². The molecular formula is C15H14N4O4S. The number of aromatic nitrogens is 3. The average molecular weight is 346 g/mol. The van der Waals surface area contributed by atoms with Crippen LogP contribution < -0.4 is 14.1 Å². The van der Waals surface area contributed by atoms with E-state index in [1.807, 2.05) is 24.3 Å². The summed E-state index contributed by atoms with van der Waals surface area (Å²) >= 11 is 0. The summed E-state index contributed by atoms with van der Waals surface area (Å²) in [6.07, 6.45) is 3.11. The van der Waals surface area contributed by atoms with Crippen LogP contribution in [-0.4, -0.2) is 23.2 Å². The Morgan fingerprint density at radius 2 is 1.79 bits per heavy atom. The Morgan fingerprint density at radius 3 is 2.46 bits per heavy atom. The van der Waals surface area contributed by atoms with Crippen molar-refractivity contribution in [3.8, 4) is 17.2 Å². The molecule has 0 radical (unpaired) electrons. The molecule has 2 aromatic carbocycles. The third kappa shape index (κ3) is 4.54. The van der Waals surface area contributed by atoms with E-state index in [4.69, 9.17) is 9.88 Å². The fourth-order valence-electron chi connectivity index (χ4n) is 2.04. The van der Waals surface area contributed by atoms with Gasteiger partial charge in [-0.2, -0.15) is 18.7 Å². The first-order valence-corrected chi connectivity index (χ1v) is 8.36. The van der Waals surface area contributed by atoms with Gasteiger partial charge in [0.05, 0.1) is 6.54 Å². The highest BCUT2D eigenvalue weighted by atomic mass is 32.2. The molecule has 3 rings (SSSR count). The lowest BCUT2D eigenvalue weighted by atomic mass is 10.2. The monoisotopic (exact) mass is 346 g/mol. The van der Waals surface area contributed by atoms with Crippen LogP contribution in [0.3, 0.4) is 0 Å². The van der Waals surface area contributed by atoms with Crippen molar-refractivity contribution in [3.05, 3.63) is 66.7 Å². The lowest BCUT2D eigenvalue weighted by molar-refractivity contribution is 0.474. The van der Waals surface area contributed by atoms with Crippen molar-refractivity contribution in [2.24, 2.45) is 5.14 Å². The molecule has 1 aromatic heterocycles. The molecule has 3 aromatic rings. The summed E-state index contributed by atoms with van der Waals surface area (Å²) in [5.74, 6) is 1.30. The van der Waals surface area contributed by atoms with Gasteiger partial charge in [0.1, 0.15) is 29.9 Å². The zero-order valence-corrected chi connectivity index (χ0v) is 13.3. The van der Waals surface area contributed by atoms with E-state index in [1.165, 1.54) is 18.5 Å². The zero-order valence-electron chi connectivity index (χ0n) is 12.4. The van der Waals surface area contributed by atoms with Gasteiger partial charge in [0.25, 0.3) is 0 Å². The normalized spacial score (nSPS) is 11.2. The maximum atomic E-state index is 10.9. The van der Waals surface area contributed by atoms with Gasteiger partial charge in [0, 0.05) is 0 Å². The van der Waals surface area contributed by atoms with Crippen LogP contribution in [0.25, 0.3) is 0 Å². The highest BCUT2D eigenvalue weighted by molar-refractivity contribution is 7.84. The Labute approximate surface area is 138 Å². The molecule has 0 atom stereocenters. The van der Waals surface area contributed by atoms with Gasteiger partial charge < -0.3 is 8.92 Å². The Bertz CT molecular complexity index is 909. The largest absolute Gasteiger partial charge is 0.457 e. The number of hydrogen-bond acceptors (Lipinski definition) is 6. The number of benzene rings is 2. The number of nitrogens with two attached hydrogens (primary N) is 1. The molecule has 0 unspecified atom stereocenters. The Morgan fingerprint density at radius 1 is 1.04 bits per heavy atom. The first kappa shape index (κ1) is 16.0. The van der Waals surface area contributed by atoms with Gasteiger partial charge >= 0.3 is 10.3 Å². The predicted molar refractivity (Wildman–Crippen MR) is 85.8 cm³/mol. The maximum absolute atomic E-state index is 10.9. The summed E-state index contributed by atoms with van der Waals surface area (Å²) in [6.45, 7) is 0.582. The number of nitrogens with zero attached hydrogens (tertiary/aromatic N) is 3. The highest BCUT2D eigenvalue weighted by Crippen LogP contribution is 2.25. The van der Waals surface area contributed by atoms with Crippen LogP contribution in [0, 0.1) is 0 Å². The second-order valence-electron chi connectivity index (χ2n) is 4.89. The van der Waals surface area contributed by atoms with Gasteiger partial charge in [-0.05, 0) is 42.0 Å². The number of rotatable bonds is 6. The van der Waals surface area contributed by atoms with E-state index >= 15 is 0 Å². The van der Waals surface area contributed by atoms with Crippen molar-refractivity contribution in [1.82, 2.24) is 14.8 Å². The van der Waals surface area contributed by atoms with E-state index < -0.39 is 10.3 Å². The summed E-state index contributed by atoms with van der Waals surface area (Å²) in [5.41, 5.74) is 1.01. The molecule has 24 heavy (non-hydrogen) atoms. The minimum atomic E-state index is -4.03. The standard InChI is InChI=1S/C15H14N4O4S/c16-24(20,21)23-14-6-4-13(5-7-14)22-15-3-1-2-12(8-15)9-19-11-17-10-18-19/h1-8,10-11H,9H2,(H2,16,20,21). The topological polar surface area (TPSA) is 109 Å². The molecule has 0 aliphatic heterocycles. The molecule has 124 valence electrons. The summed E-state index contributed by atoms with van der Waals surface area (Å²) in [6, 6.07) is 13.6. The molecule has 0 saturated heterocycles. The third-order valence-corrected chi connectivity index (χ3v) is 3.41. The predicted octanol–water partition coefficient (Wildman–Crippen LogP) is 1.70. The van der Waals surface area contributed by atoms with Gasteiger partial charge in [0.15, 0.2) is 0 Å². The van der Waals surface area contributed by atoms with E-state index in [-0.39, 0.29) is 5.75 Å². The SMILES string of the molecule is NS(=O)(=O)Oc1ccc(Oc2cccc(Cn3cncn3)c2)cc1. The van der Waals surface area contributed by atoms with E-state index in [2.05, 4.69) is 14.3 Å². The molecule has 0 amide bonds. The quantitative estimate of drug-likeness (QED) is 0.727. The molecule has 0 spiro atoms. The van der Waals surface area contributed by atoms with Crippen molar-refractivity contribution in [2.45, 2.75) is 6.54 Å². The van der Waals surface area contributed by atoms with E-state index in [0.29, 0.717) is 18.0 Å². The van der Waals surface area contributed by atoms with Crippen molar-refractivity contribution < 1.29 is 17.3 Å². The molecule has 0 fully saturated rings. The second kappa shape index (κ2) is 6.69. The van der Waals surface area contributed by atoms with Crippen molar-refractivity contribution in [2.75, 3.05) is 0 Å². The second-order valence-corrected chi connectivity index (χ2v) is 6.04. The smallest absolute Gasteiger partial charge is 0.380 e. The first-order chi connectivity index (χ1) is 11.5. The van der Waals surface area contributed by atoms with Gasteiger partial charge in [-0.1, -0.05) is 12.1 Å². The molecule has 0 saturated carbocycles. The van der Waals surface area contributed by atoms with E-state index in [9.17, 15) is 8.42 Å². The molecule has 0 bridgehead atoms. The highest BCUT2D eigenvalue weighted by Gasteiger charge is 2.06. The number of hydrogen-bond donors (Lipinski definition) is 1.